The average molecular weight is 216 g/mol. The van der Waals surface area contributed by atoms with Gasteiger partial charge in [-0.25, -0.2) is 0 Å². The largest absolute Gasteiger partial charge is 0.389 e. The SMILES string of the molecule is CC(C)C(C)(O)CN(C)CCCN(C)C. The molecule has 0 rings (SSSR count). The molecule has 3 heteroatoms. The summed E-state index contributed by atoms with van der Waals surface area (Å²) in [7, 11) is 6.25. The van der Waals surface area contributed by atoms with Crippen molar-refractivity contribution in [3.63, 3.8) is 0 Å². The van der Waals surface area contributed by atoms with E-state index in [1.807, 2.05) is 6.92 Å². The Morgan fingerprint density at radius 3 is 2.07 bits per heavy atom. The van der Waals surface area contributed by atoms with Gasteiger partial charge in [0.15, 0.2) is 0 Å². The minimum Gasteiger partial charge on any atom is -0.389 e. The van der Waals surface area contributed by atoms with Crippen LogP contribution in [-0.4, -0.2) is 61.3 Å². The standard InChI is InChI=1S/C12H28N2O/c1-11(2)12(3,15)10-14(6)9-7-8-13(4)5/h11,15H,7-10H2,1-6H3. The lowest BCUT2D eigenvalue weighted by Gasteiger charge is -2.32. The average Bonchev–Trinajstić information content (AvgIpc) is 2.01. The smallest absolute Gasteiger partial charge is 0.0768 e. The van der Waals surface area contributed by atoms with Crippen molar-refractivity contribution in [2.75, 3.05) is 40.8 Å². The van der Waals surface area contributed by atoms with E-state index in [-0.39, 0.29) is 0 Å². The van der Waals surface area contributed by atoms with Gasteiger partial charge in [0.2, 0.25) is 0 Å². The molecule has 0 aromatic heterocycles. The number of rotatable bonds is 7. The first kappa shape index (κ1) is 14.9. The van der Waals surface area contributed by atoms with Crippen LogP contribution in [0, 0.1) is 5.92 Å². The molecule has 1 unspecified atom stereocenters. The first-order chi connectivity index (χ1) is 6.75. The van der Waals surface area contributed by atoms with Crippen LogP contribution in [0.2, 0.25) is 0 Å². The van der Waals surface area contributed by atoms with E-state index in [0.29, 0.717) is 5.92 Å². The Labute approximate surface area is 95.1 Å². The minimum atomic E-state index is -0.577. The fourth-order valence-corrected chi connectivity index (χ4v) is 1.46. The number of hydrogen-bond donors (Lipinski definition) is 1. The van der Waals surface area contributed by atoms with Gasteiger partial charge in [-0.15, -0.1) is 0 Å². The summed E-state index contributed by atoms with van der Waals surface area (Å²) in [6.07, 6.45) is 1.15. The van der Waals surface area contributed by atoms with Gasteiger partial charge in [-0.1, -0.05) is 13.8 Å². The maximum atomic E-state index is 10.1. The van der Waals surface area contributed by atoms with Crippen LogP contribution in [-0.2, 0) is 0 Å². The van der Waals surface area contributed by atoms with Crippen LogP contribution in [0.15, 0.2) is 0 Å². The lowest BCUT2D eigenvalue weighted by atomic mass is 9.92. The topological polar surface area (TPSA) is 26.7 Å². The van der Waals surface area contributed by atoms with Crippen LogP contribution < -0.4 is 0 Å². The molecule has 0 saturated heterocycles. The Balaban J connectivity index is 3.78. The van der Waals surface area contributed by atoms with E-state index >= 15 is 0 Å². The molecule has 15 heavy (non-hydrogen) atoms. The van der Waals surface area contributed by atoms with Crippen molar-refractivity contribution in [1.82, 2.24) is 9.80 Å². The van der Waals surface area contributed by atoms with Crippen molar-refractivity contribution in [2.45, 2.75) is 32.8 Å². The van der Waals surface area contributed by atoms with Crippen molar-refractivity contribution < 1.29 is 5.11 Å². The van der Waals surface area contributed by atoms with Gasteiger partial charge in [0, 0.05) is 6.54 Å². The Hall–Kier alpha value is -0.120. The van der Waals surface area contributed by atoms with Crippen molar-refractivity contribution in [3.05, 3.63) is 0 Å². The molecule has 0 aromatic rings. The van der Waals surface area contributed by atoms with E-state index in [1.165, 1.54) is 0 Å². The van der Waals surface area contributed by atoms with Gasteiger partial charge in [0.1, 0.15) is 0 Å². The summed E-state index contributed by atoms with van der Waals surface area (Å²) in [5, 5.41) is 10.1. The molecule has 0 saturated carbocycles. The minimum absolute atomic E-state index is 0.300. The number of nitrogens with zero attached hydrogens (tertiary/aromatic N) is 2. The third-order valence-corrected chi connectivity index (χ3v) is 2.98. The van der Waals surface area contributed by atoms with Gasteiger partial charge in [-0.05, 0) is 53.5 Å². The fraction of sp³-hybridized carbons (Fsp3) is 1.00. The van der Waals surface area contributed by atoms with Crippen molar-refractivity contribution in [2.24, 2.45) is 5.92 Å². The highest BCUT2D eigenvalue weighted by atomic mass is 16.3. The second kappa shape index (κ2) is 6.46. The maximum absolute atomic E-state index is 10.1. The highest BCUT2D eigenvalue weighted by molar-refractivity contribution is 4.79. The lowest BCUT2D eigenvalue weighted by Crippen LogP contribution is -2.43. The molecule has 0 aliphatic rings. The van der Waals surface area contributed by atoms with Gasteiger partial charge < -0.3 is 14.9 Å². The molecule has 1 atom stereocenters. The van der Waals surface area contributed by atoms with Crippen LogP contribution >= 0.6 is 0 Å². The van der Waals surface area contributed by atoms with E-state index in [4.69, 9.17) is 0 Å². The molecule has 0 heterocycles. The van der Waals surface area contributed by atoms with Crippen LogP contribution in [0.4, 0.5) is 0 Å². The van der Waals surface area contributed by atoms with Crippen molar-refractivity contribution in [3.8, 4) is 0 Å². The second-order valence-electron chi connectivity index (χ2n) is 5.41. The second-order valence-corrected chi connectivity index (χ2v) is 5.41. The van der Waals surface area contributed by atoms with Crippen molar-refractivity contribution >= 4 is 0 Å². The predicted octanol–water partition coefficient (Wildman–Crippen LogP) is 1.28. The molecule has 0 radical (unpaired) electrons. The molecule has 92 valence electrons. The van der Waals surface area contributed by atoms with Gasteiger partial charge in [-0.2, -0.15) is 0 Å². The zero-order valence-corrected chi connectivity index (χ0v) is 11.2. The summed E-state index contributed by atoms with van der Waals surface area (Å²) >= 11 is 0. The fourth-order valence-electron chi connectivity index (χ4n) is 1.46. The van der Waals surface area contributed by atoms with Gasteiger partial charge in [-0.3, -0.25) is 0 Å². The summed E-state index contributed by atoms with van der Waals surface area (Å²) in [5.74, 6) is 0.300. The Kier molecular flexibility index (Phi) is 6.41. The first-order valence-electron chi connectivity index (χ1n) is 5.81. The molecule has 0 spiro atoms. The summed E-state index contributed by atoms with van der Waals surface area (Å²) in [4.78, 5) is 4.40. The van der Waals surface area contributed by atoms with E-state index in [0.717, 1.165) is 26.1 Å². The third-order valence-electron chi connectivity index (χ3n) is 2.98. The van der Waals surface area contributed by atoms with Crippen LogP contribution in [0.1, 0.15) is 27.2 Å². The summed E-state index contributed by atoms with van der Waals surface area (Å²) in [5.41, 5.74) is -0.577. The molecule has 0 aliphatic carbocycles. The van der Waals surface area contributed by atoms with E-state index < -0.39 is 5.60 Å². The number of aliphatic hydroxyl groups is 1. The van der Waals surface area contributed by atoms with Gasteiger partial charge in [0.05, 0.1) is 5.60 Å². The monoisotopic (exact) mass is 216 g/mol. The van der Waals surface area contributed by atoms with Crippen molar-refractivity contribution in [1.29, 1.82) is 0 Å². The first-order valence-corrected chi connectivity index (χ1v) is 5.81. The predicted molar refractivity (Wildman–Crippen MR) is 66.1 cm³/mol. The molecular weight excluding hydrogens is 188 g/mol. The zero-order valence-electron chi connectivity index (χ0n) is 11.2. The molecule has 1 N–H and O–H groups in total. The molecule has 0 bridgehead atoms. The van der Waals surface area contributed by atoms with Crippen LogP contribution in [0.3, 0.4) is 0 Å². The van der Waals surface area contributed by atoms with E-state index in [1.54, 1.807) is 0 Å². The highest BCUT2D eigenvalue weighted by Gasteiger charge is 2.26. The Bertz CT molecular complexity index is 167. The van der Waals surface area contributed by atoms with E-state index in [9.17, 15) is 5.11 Å². The Morgan fingerprint density at radius 1 is 1.13 bits per heavy atom. The molecule has 0 aromatic carbocycles. The number of hydrogen-bond acceptors (Lipinski definition) is 3. The molecular formula is C12H28N2O. The third kappa shape index (κ3) is 6.88. The van der Waals surface area contributed by atoms with Gasteiger partial charge in [0.25, 0.3) is 0 Å². The molecule has 0 fully saturated rings. The highest BCUT2D eigenvalue weighted by Crippen LogP contribution is 2.16. The summed E-state index contributed by atoms with van der Waals surface area (Å²) < 4.78 is 0. The van der Waals surface area contributed by atoms with Crippen LogP contribution in [0.5, 0.6) is 0 Å². The normalized spacial score (nSPS) is 16.4. The van der Waals surface area contributed by atoms with E-state index in [2.05, 4.69) is 44.8 Å². The molecule has 0 amide bonds. The van der Waals surface area contributed by atoms with Gasteiger partial charge >= 0.3 is 0 Å². The molecule has 0 aliphatic heterocycles. The molecule has 3 nitrogen and oxygen atoms in total. The summed E-state index contributed by atoms with van der Waals surface area (Å²) in [6.45, 7) is 8.94. The summed E-state index contributed by atoms with van der Waals surface area (Å²) in [6, 6.07) is 0. The van der Waals surface area contributed by atoms with Crippen LogP contribution in [0.25, 0.3) is 0 Å². The Morgan fingerprint density at radius 2 is 1.67 bits per heavy atom. The lowest BCUT2D eigenvalue weighted by molar-refractivity contribution is -0.0134. The number of likely N-dealkylation sites (N-methyl/N-ethyl adjacent to an activating group) is 1. The quantitative estimate of drug-likeness (QED) is 0.694. The maximum Gasteiger partial charge on any atom is 0.0768 e. The zero-order chi connectivity index (χ0) is 12.1.